The Morgan fingerprint density at radius 2 is 2.09 bits per heavy atom. The number of carboxylic acid groups (broad SMARTS) is 1. The van der Waals surface area contributed by atoms with Crippen molar-refractivity contribution in [3.63, 3.8) is 0 Å². The Morgan fingerprint density at radius 3 is 2.45 bits per heavy atom. The van der Waals surface area contributed by atoms with Gasteiger partial charge in [0.25, 0.3) is 0 Å². The molecule has 0 aromatic carbocycles. The van der Waals surface area contributed by atoms with Gasteiger partial charge in [0.15, 0.2) is 0 Å². The second-order valence-electron chi connectivity index (χ2n) is 2.16. The first-order valence-electron chi connectivity index (χ1n) is 2.99. The van der Waals surface area contributed by atoms with Crippen LogP contribution in [0.3, 0.4) is 0 Å². The van der Waals surface area contributed by atoms with E-state index in [1.54, 1.807) is 0 Å². The molecule has 4 nitrogen and oxygen atoms in total. The topological polar surface area (TPSA) is 71.4 Å². The highest BCUT2D eigenvalue weighted by atomic mass is 32.2. The summed E-state index contributed by atoms with van der Waals surface area (Å²) in [5, 5.41) is 8.11. The third kappa shape index (κ3) is 9.16. The Kier molecular flexibility index (Phi) is 3.81. The largest absolute Gasteiger partial charge is 0.478 e. The molecule has 64 valence electrons. The van der Waals surface area contributed by atoms with Crippen LogP contribution < -0.4 is 0 Å². The molecule has 1 N–H and O–H groups in total. The average molecular weight is 178 g/mol. The van der Waals surface area contributed by atoms with Crippen molar-refractivity contribution in [2.75, 3.05) is 12.0 Å². The molecule has 0 atom stereocenters. The molecular weight excluding hydrogens is 168 g/mol. The fraction of sp³-hybridized carbons (Fsp3) is 0.500. The van der Waals surface area contributed by atoms with E-state index in [1.165, 1.54) is 6.08 Å². The molecule has 0 unspecified atom stereocenters. The molecule has 0 aromatic heterocycles. The molecule has 0 aliphatic heterocycles. The molecule has 0 saturated carbocycles. The molecule has 0 amide bonds. The minimum absolute atomic E-state index is 0.00319. The third-order valence-corrected chi connectivity index (χ3v) is 1.89. The Labute approximate surface area is 65.5 Å². The number of carboxylic acids is 1. The highest BCUT2D eigenvalue weighted by Gasteiger charge is 1.98. The molecule has 0 bridgehead atoms. The molecule has 0 saturated heterocycles. The summed E-state index contributed by atoms with van der Waals surface area (Å²) in [6.45, 7) is 0. The summed E-state index contributed by atoms with van der Waals surface area (Å²) in [5.41, 5.74) is 0. The Bertz CT molecular complexity index is 250. The van der Waals surface area contributed by atoms with Crippen LogP contribution in [0.1, 0.15) is 6.42 Å². The molecule has 11 heavy (non-hydrogen) atoms. The minimum Gasteiger partial charge on any atom is -0.478 e. The van der Waals surface area contributed by atoms with Gasteiger partial charge in [-0.1, -0.05) is 6.08 Å². The van der Waals surface area contributed by atoms with Gasteiger partial charge in [-0.3, -0.25) is 0 Å². The molecule has 5 heteroatoms. The zero-order valence-corrected chi connectivity index (χ0v) is 6.97. The van der Waals surface area contributed by atoms with Crippen molar-refractivity contribution in [3.8, 4) is 0 Å². The van der Waals surface area contributed by atoms with E-state index in [-0.39, 0.29) is 12.2 Å². The standard InChI is InChI=1S/C6H10O4S/c1-11(9,10)5-3-2-4-6(7)8/h2,4H,3,5H2,1H3,(H,7,8)/b4-2+. The quantitative estimate of drug-likeness (QED) is 0.618. The number of carbonyl (C=O) groups is 1. The smallest absolute Gasteiger partial charge is 0.327 e. The van der Waals surface area contributed by atoms with Crippen LogP contribution in [0, 0.1) is 0 Å². The Balaban J connectivity index is 3.68. The van der Waals surface area contributed by atoms with Crippen LogP contribution in [0.2, 0.25) is 0 Å². The fourth-order valence-electron chi connectivity index (χ4n) is 0.466. The number of hydrogen-bond acceptors (Lipinski definition) is 3. The molecule has 0 aliphatic rings. The van der Waals surface area contributed by atoms with E-state index < -0.39 is 15.8 Å². The summed E-state index contributed by atoms with van der Waals surface area (Å²) in [7, 11) is -2.97. The van der Waals surface area contributed by atoms with Crippen LogP contribution in [-0.4, -0.2) is 31.5 Å². The first-order chi connectivity index (χ1) is 4.92. The lowest BCUT2D eigenvalue weighted by molar-refractivity contribution is -0.131. The van der Waals surface area contributed by atoms with Crippen molar-refractivity contribution in [2.24, 2.45) is 0 Å². The van der Waals surface area contributed by atoms with Crippen molar-refractivity contribution in [1.29, 1.82) is 0 Å². The maximum Gasteiger partial charge on any atom is 0.327 e. The third-order valence-electron chi connectivity index (χ3n) is 0.916. The lowest BCUT2D eigenvalue weighted by atomic mass is 10.4. The number of sulfone groups is 1. The van der Waals surface area contributed by atoms with Crippen LogP contribution in [0.15, 0.2) is 12.2 Å². The zero-order chi connectivity index (χ0) is 8.91. The highest BCUT2D eigenvalue weighted by Crippen LogP contribution is 1.89. The van der Waals surface area contributed by atoms with Crippen molar-refractivity contribution in [1.82, 2.24) is 0 Å². The van der Waals surface area contributed by atoms with Gasteiger partial charge < -0.3 is 5.11 Å². The van der Waals surface area contributed by atoms with E-state index >= 15 is 0 Å². The van der Waals surface area contributed by atoms with E-state index in [0.717, 1.165) is 12.3 Å². The van der Waals surface area contributed by atoms with Crippen molar-refractivity contribution < 1.29 is 18.3 Å². The molecule has 0 aromatic rings. The number of rotatable bonds is 4. The van der Waals surface area contributed by atoms with Gasteiger partial charge in [-0.15, -0.1) is 0 Å². The fourth-order valence-corrected chi connectivity index (χ4v) is 1.03. The van der Waals surface area contributed by atoms with Crippen molar-refractivity contribution >= 4 is 15.8 Å². The van der Waals surface area contributed by atoms with Crippen LogP contribution in [0.5, 0.6) is 0 Å². The van der Waals surface area contributed by atoms with Gasteiger partial charge in [0.1, 0.15) is 9.84 Å². The van der Waals surface area contributed by atoms with Crippen LogP contribution in [0.4, 0.5) is 0 Å². The van der Waals surface area contributed by atoms with Gasteiger partial charge in [0.05, 0.1) is 5.75 Å². The maximum absolute atomic E-state index is 10.5. The van der Waals surface area contributed by atoms with E-state index in [9.17, 15) is 13.2 Å². The van der Waals surface area contributed by atoms with Crippen molar-refractivity contribution in [2.45, 2.75) is 6.42 Å². The lowest BCUT2D eigenvalue weighted by Crippen LogP contribution is -2.01. The van der Waals surface area contributed by atoms with Crippen LogP contribution >= 0.6 is 0 Å². The van der Waals surface area contributed by atoms with E-state index in [2.05, 4.69) is 0 Å². The predicted octanol–water partition coefficient (Wildman–Crippen LogP) is 0.0619. The molecule has 0 fully saturated rings. The van der Waals surface area contributed by atoms with Crippen molar-refractivity contribution in [3.05, 3.63) is 12.2 Å². The normalized spacial score (nSPS) is 12.1. The van der Waals surface area contributed by atoms with Gasteiger partial charge in [-0.2, -0.15) is 0 Å². The molecule has 0 spiro atoms. The molecular formula is C6H10O4S. The number of aliphatic carboxylic acids is 1. The predicted molar refractivity (Wildman–Crippen MR) is 41.1 cm³/mol. The average Bonchev–Trinajstić information content (AvgIpc) is 1.78. The molecule has 0 radical (unpaired) electrons. The van der Waals surface area contributed by atoms with Gasteiger partial charge in [0, 0.05) is 12.3 Å². The summed E-state index contributed by atoms with van der Waals surface area (Å²) >= 11 is 0. The summed E-state index contributed by atoms with van der Waals surface area (Å²) in [6, 6.07) is 0. The van der Waals surface area contributed by atoms with Crippen LogP contribution in [0.25, 0.3) is 0 Å². The SMILES string of the molecule is CS(=O)(=O)CC/C=C/C(=O)O. The van der Waals surface area contributed by atoms with Crippen LogP contribution in [-0.2, 0) is 14.6 Å². The minimum atomic E-state index is -2.97. The van der Waals surface area contributed by atoms with Gasteiger partial charge in [-0.05, 0) is 6.42 Å². The maximum atomic E-state index is 10.5. The highest BCUT2D eigenvalue weighted by molar-refractivity contribution is 7.90. The van der Waals surface area contributed by atoms with Gasteiger partial charge >= 0.3 is 5.97 Å². The summed E-state index contributed by atoms with van der Waals surface area (Å²) in [6.07, 6.45) is 3.63. The molecule has 0 aliphatic carbocycles. The monoisotopic (exact) mass is 178 g/mol. The first kappa shape index (κ1) is 10.2. The first-order valence-corrected chi connectivity index (χ1v) is 5.05. The van der Waals surface area contributed by atoms with E-state index in [0.29, 0.717) is 0 Å². The van der Waals surface area contributed by atoms with E-state index in [1.807, 2.05) is 0 Å². The summed E-state index contributed by atoms with van der Waals surface area (Å²) in [4.78, 5) is 9.89. The number of hydrogen-bond donors (Lipinski definition) is 1. The molecule has 0 rings (SSSR count). The zero-order valence-electron chi connectivity index (χ0n) is 6.15. The number of allylic oxidation sites excluding steroid dienone is 1. The van der Waals surface area contributed by atoms with E-state index in [4.69, 9.17) is 5.11 Å². The molecule has 0 heterocycles. The Morgan fingerprint density at radius 1 is 1.55 bits per heavy atom. The lowest BCUT2D eigenvalue weighted by Gasteiger charge is -1.90. The summed E-state index contributed by atoms with van der Waals surface area (Å²) < 4.78 is 21.0. The summed E-state index contributed by atoms with van der Waals surface area (Å²) in [5.74, 6) is -1.06. The van der Waals surface area contributed by atoms with Gasteiger partial charge in [-0.25, -0.2) is 13.2 Å². The van der Waals surface area contributed by atoms with Gasteiger partial charge in [0.2, 0.25) is 0 Å². The second-order valence-corrected chi connectivity index (χ2v) is 4.42. The second kappa shape index (κ2) is 4.12. The Hall–Kier alpha value is -0.840.